The predicted molar refractivity (Wildman–Crippen MR) is 101 cm³/mol. The number of rotatable bonds is 4. The maximum atomic E-state index is 11.7. The Morgan fingerprint density at radius 3 is 2.46 bits per heavy atom. The number of hydrogen-bond acceptors (Lipinski definition) is 4. The average Bonchev–Trinajstić information content (AvgIpc) is 2.58. The van der Waals surface area contributed by atoms with Crippen molar-refractivity contribution in [2.24, 2.45) is 5.10 Å². The number of carbonyl (C=O) groups is 1. The fraction of sp³-hybridized carbons (Fsp3) is 0.167. The number of thiocarbonyl (C=S) groups is 1. The molecule has 0 atom stereocenters. The van der Waals surface area contributed by atoms with Crippen molar-refractivity contribution in [1.29, 1.82) is 0 Å². The fourth-order valence-electron chi connectivity index (χ4n) is 2.22. The highest BCUT2D eigenvalue weighted by Crippen LogP contribution is 2.19. The lowest BCUT2D eigenvalue weighted by Crippen LogP contribution is -2.24. The van der Waals surface area contributed by atoms with E-state index in [0.29, 0.717) is 16.2 Å². The first-order valence-electron chi connectivity index (χ1n) is 7.36. The number of methoxy groups -OCH3 is 1. The van der Waals surface area contributed by atoms with Crippen molar-refractivity contribution in [2.75, 3.05) is 12.4 Å². The van der Waals surface area contributed by atoms with Crippen LogP contribution in [0.3, 0.4) is 0 Å². The number of esters is 1. The molecule has 0 radical (unpaired) electrons. The number of benzene rings is 2. The lowest BCUT2D eigenvalue weighted by Gasteiger charge is -2.12. The predicted octanol–water partition coefficient (Wildman–Crippen LogP) is 3.41. The molecule has 0 unspecified atom stereocenters. The quantitative estimate of drug-likeness (QED) is 0.386. The summed E-state index contributed by atoms with van der Waals surface area (Å²) in [6.07, 6.45) is 1.53. The van der Waals surface area contributed by atoms with Crippen LogP contribution in [0.25, 0.3) is 0 Å². The van der Waals surface area contributed by atoms with Gasteiger partial charge in [-0.1, -0.05) is 36.4 Å². The Labute approximate surface area is 146 Å². The van der Waals surface area contributed by atoms with E-state index in [2.05, 4.69) is 15.8 Å². The number of para-hydroxylation sites is 1. The van der Waals surface area contributed by atoms with Crippen LogP contribution in [0.1, 0.15) is 27.0 Å². The third kappa shape index (κ3) is 4.39. The minimum Gasteiger partial charge on any atom is -0.465 e. The molecule has 24 heavy (non-hydrogen) atoms. The van der Waals surface area contributed by atoms with Crippen LogP contribution >= 0.6 is 12.2 Å². The van der Waals surface area contributed by atoms with Crippen molar-refractivity contribution in [3.05, 3.63) is 64.7 Å². The molecule has 5 nitrogen and oxygen atoms in total. The Bertz CT molecular complexity index is 767. The van der Waals surface area contributed by atoms with Gasteiger partial charge in [-0.2, -0.15) is 5.10 Å². The minimum absolute atomic E-state index is 0.374. The number of hydrazone groups is 1. The number of carbonyl (C=O) groups excluding carboxylic acids is 1. The molecule has 2 rings (SSSR count). The summed E-state index contributed by atoms with van der Waals surface area (Å²) in [7, 11) is 1.35. The second-order valence-corrected chi connectivity index (χ2v) is 5.58. The molecule has 0 fully saturated rings. The van der Waals surface area contributed by atoms with Crippen molar-refractivity contribution in [2.45, 2.75) is 13.8 Å². The summed E-state index contributed by atoms with van der Waals surface area (Å²) in [4.78, 5) is 11.7. The van der Waals surface area contributed by atoms with Gasteiger partial charge in [0.2, 0.25) is 0 Å². The summed E-state index contributed by atoms with van der Waals surface area (Å²) in [5, 5.41) is 7.59. The van der Waals surface area contributed by atoms with Gasteiger partial charge in [0.15, 0.2) is 5.11 Å². The first-order chi connectivity index (χ1) is 11.5. The normalized spacial score (nSPS) is 10.5. The summed E-state index contributed by atoms with van der Waals surface area (Å²) in [6, 6.07) is 13.1. The first-order valence-corrected chi connectivity index (χ1v) is 7.77. The molecule has 6 heteroatoms. The van der Waals surface area contributed by atoms with E-state index in [0.717, 1.165) is 16.8 Å². The number of anilines is 1. The van der Waals surface area contributed by atoms with Gasteiger partial charge in [0, 0.05) is 11.3 Å². The SMILES string of the molecule is COC(=O)c1ccccc1/C=N\NC(=S)Nc1c(C)cccc1C. The Morgan fingerprint density at radius 2 is 1.79 bits per heavy atom. The molecular formula is C18H19N3O2S. The molecule has 0 spiro atoms. The molecule has 0 amide bonds. The van der Waals surface area contributed by atoms with E-state index in [1.54, 1.807) is 18.2 Å². The number of aryl methyl sites for hydroxylation is 2. The number of hydrogen-bond donors (Lipinski definition) is 2. The fourth-order valence-corrected chi connectivity index (χ4v) is 2.37. The summed E-state index contributed by atoms with van der Waals surface area (Å²) < 4.78 is 4.75. The van der Waals surface area contributed by atoms with Gasteiger partial charge in [-0.3, -0.25) is 5.43 Å². The largest absolute Gasteiger partial charge is 0.465 e. The third-order valence-corrected chi connectivity index (χ3v) is 3.65. The number of ether oxygens (including phenoxy) is 1. The molecule has 2 aromatic rings. The van der Waals surface area contributed by atoms with Gasteiger partial charge >= 0.3 is 5.97 Å². The Hall–Kier alpha value is -2.73. The molecule has 0 aliphatic heterocycles. The van der Waals surface area contributed by atoms with Crippen molar-refractivity contribution in [1.82, 2.24) is 5.43 Å². The second-order valence-electron chi connectivity index (χ2n) is 5.17. The molecule has 0 saturated carbocycles. The summed E-state index contributed by atoms with van der Waals surface area (Å²) in [6.45, 7) is 4.02. The Balaban J connectivity index is 2.05. The zero-order valence-electron chi connectivity index (χ0n) is 13.8. The van der Waals surface area contributed by atoms with E-state index in [9.17, 15) is 4.79 Å². The van der Waals surface area contributed by atoms with Crippen LogP contribution in [0.2, 0.25) is 0 Å². The molecule has 0 aliphatic carbocycles. The van der Waals surface area contributed by atoms with Gasteiger partial charge in [0.05, 0.1) is 18.9 Å². The van der Waals surface area contributed by atoms with E-state index in [1.807, 2.05) is 38.1 Å². The zero-order chi connectivity index (χ0) is 17.5. The first kappa shape index (κ1) is 17.6. The molecule has 0 bridgehead atoms. The Kier molecular flexibility index (Phi) is 6.03. The number of nitrogens with one attached hydrogen (secondary N) is 2. The lowest BCUT2D eigenvalue weighted by atomic mass is 10.1. The maximum absolute atomic E-state index is 11.7. The van der Waals surface area contributed by atoms with Gasteiger partial charge in [-0.15, -0.1) is 0 Å². The molecule has 0 saturated heterocycles. The van der Waals surface area contributed by atoms with Crippen LogP contribution in [0, 0.1) is 13.8 Å². The van der Waals surface area contributed by atoms with Gasteiger partial charge < -0.3 is 10.1 Å². The maximum Gasteiger partial charge on any atom is 0.338 e. The molecule has 0 aliphatic rings. The van der Waals surface area contributed by atoms with E-state index in [1.165, 1.54) is 13.3 Å². The van der Waals surface area contributed by atoms with E-state index in [-0.39, 0.29) is 0 Å². The third-order valence-electron chi connectivity index (χ3n) is 3.46. The monoisotopic (exact) mass is 341 g/mol. The van der Waals surface area contributed by atoms with Crippen LogP contribution in [0.4, 0.5) is 5.69 Å². The van der Waals surface area contributed by atoms with Gasteiger partial charge in [-0.25, -0.2) is 4.79 Å². The molecular weight excluding hydrogens is 322 g/mol. The Morgan fingerprint density at radius 1 is 1.12 bits per heavy atom. The van der Waals surface area contributed by atoms with E-state index < -0.39 is 5.97 Å². The number of nitrogens with zero attached hydrogens (tertiary/aromatic N) is 1. The molecule has 0 aromatic heterocycles. The van der Waals surface area contributed by atoms with Crippen molar-refractivity contribution in [3.8, 4) is 0 Å². The average molecular weight is 341 g/mol. The highest BCUT2D eigenvalue weighted by atomic mass is 32.1. The second kappa shape index (κ2) is 8.21. The standard InChI is InChI=1S/C18H19N3O2S/c1-12-7-6-8-13(2)16(12)20-18(24)21-19-11-14-9-4-5-10-15(14)17(22)23-3/h4-11H,1-3H3,(H2,20,21,24)/b19-11-. The minimum atomic E-state index is -0.409. The van der Waals surface area contributed by atoms with Crippen LogP contribution in [0.15, 0.2) is 47.6 Å². The lowest BCUT2D eigenvalue weighted by molar-refractivity contribution is 0.0600. The van der Waals surface area contributed by atoms with Crippen LogP contribution < -0.4 is 10.7 Å². The van der Waals surface area contributed by atoms with Crippen LogP contribution in [-0.2, 0) is 4.74 Å². The summed E-state index contributed by atoms with van der Waals surface area (Å²) in [5.74, 6) is -0.409. The van der Waals surface area contributed by atoms with Gasteiger partial charge in [0.1, 0.15) is 0 Å². The van der Waals surface area contributed by atoms with Crippen molar-refractivity contribution in [3.63, 3.8) is 0 Å². The van der Waals surface area contributed by atoms with Crippen molar-refractivity contribution < 1.29 is 9.53 Å². The van der Waals surface area contributed by atoms with Crippen LogP contribution in [-0.4, -0.2) is 24.4 Å². The molecule has 124 valence electrons. The summed E-state index contributed by atoms with van der Waals surface area (Å²) in [5.41, 5.74) is 7.00. The topological polar surface area (TPSA) is 62.7 Å². The van der Waals surface area contributed by atoms with Crippen LogP contribution in [0.5, 0.6) is 0 Å². The zero-order valence-corrected chi connectivity index (χ0v) is 14.6. The van der Waals surface area contributed by atoms with Gasteiger partial charge in [-0.05, 0) is 43.3 Å². The summed E-state index contributed by atoms with van der Waals surface area (Å²) >= 11 is 5.25. The highest BCUT2D eigenvalue weighted by Gasteiger charge is 2.09. The van der Waals surface area contributed by atoms with Crippen molar-refractivity contribution >= 4 is 35.2 Å². The van der Waals surface area contributed by atoms with E-state index >= 15 is 0 Å². The highest BCUT2D eigenvalue weighted by molar-refractivity contribution is 7.80. The molecule has 2 aromatic carbocycles. The van der Waals surface area contributed by atoms with E-state index in [4.69, 9.17) is 17.0 Å². The smallest absolute Gasteiger partial charge is 0.338 e. The molecule has 0 heterocycles. The molecule has 2 N–H and O–H groups in total. The van der Waals surface area contributed by atoms with Gasteiger partial charge in [0.25, 0.3) is 0 Å².